The predicted molar refractivity (Wildman–Crippen MR) is 68.6 cm³/mol. The summed E-state index contributed by atoms with van der Waals surface area (Å²) < 4.78 is 26.1. The summed E-state index contributed by atoms with van der Waals surface area (Å²) in [4.78, 5) is 0.205. The van der Waals surface area contributed by atoms with Gasteiger partial charge in [-0.2, -0.15) is 4.31 Å². The van der Waals surface area contributed by atoms with E-state index in [4.69, 9.17) is 17.3 Å². The maximum atomic E-state index is 12.4. The molecule has 94 valence electrons. The maximum absolute atomic E-state index is 12.4. The second kappa shape index (κ2) is 4.15. The lowest BCUT2D eigenvalue weighted by molar-refractivity contribution is 0.464. The Balaban J connectivity index is 2.52. The van der Waals surface area contributed by atoms with Crippen LogP contribution in [0.2, 0.25) is 5.02 Å². The third kappa shape index (κ3) is 2.27. The Morgan fingerprint density at radius 3 is 2.53 bits per heavy atom. The Labute approximate surface area is 106 Å². The topological polar surface area (TPSA) is 63.4 Å². The van der Waals surface area contributed by atoms with E-state index in [0.29, 0.717) is 16.3 Å². The normalized spacial score (nSPS) is 16.5. The van der Waals surface area contributed by atoms with Crippen molar-refractivity contribution in [2.24, 2.45) is 0 Å². The summed E-state index contributed by atoms with van der Waals surface area (Å²) in [6.45, 7) is 1.69. The molecule has 6 heteroatoms. The van der Waals surface area contributed by atoms with E-state index in [9.17, 15) is 8.42 Å². The van der Waals surface area contributed by atoms with Gasteiger partial charge in [-0.25, -0.2) is 8.42 Å². The number of benzene rings is 1. The van der Waals surface area contributed by atoms with Crippen molar-refractivity contribution in [3.8, 4) is 0 Å². The van der Waals surface area contributed by atoms with Gasteiger partial charge in [-0.1, -0.05) is 11.6 Å². The molecule has 1 aromatic rings. The number of nitrogens with zero attached hydrogens (tertiary/aromatic N) is 1. The number of halogens is 1. The van der Waals surface area contributed by atoms with Gasteiger partial charge in [-0.05, 0) is 37.5 Å². The van der Waals surface area contributed by atoms with Crippen LogP contribution in [0.1, 0.15) is 18.4 Å². The van der Waals surface area contributed by atoms with Crippen LogP contribution < -0.4 is 5.73 Å². The molecule has 0 bridgehead atoms. The first-order chi connectivity index (χ1) is 7.84. The zero-order chi connectivity index (χ0) is 12.8. The van der Waals surface area contributed by atoms with Crippen LogP contribution in [0.3, 0.4) is 0 Å². The van der Waals surface area contributed by atoms with Gasteiger partial charge in [0.15, 0.2) is 0 Å². The molecule has 1 aromatic carbocycles. The van der Waals surface area contributed by atoms with Crippen molar-refractivity contribution in [3.05, 3.63) is 22.7 Å². The molecule has 1 aliphatic rings. The van der Waals surface area contributed by atoms with Crippen molar-refractivity contribution >= 4 is 27.3 Å². The SMILES string of the molecule is Cc1c(N)cc(Cl)cc1S(=O)(=O)N(C)C1CC1. The smallest absolute Gasteiger partial charge is 0.243 e. The summed E-state index contributed by atoms with van der Waals surface area (Å²) >= 11 is 5.87. The lowest BCUT2D eigenvalue weighted by Gasteiger charge is -2.18. The van der Waals surface area contributed by atoms with Crippen LogP contribution in [-0.2, 0) is 10.0 Å². The first-order valence-corrected chi connectivity index (χ1v) is 7.19. The van der Waals surface area contributed by atoms with Gasteiger partial charge in [0.2, 0.25) is 10.0 Å². The number of nitrogens with two attached hydrogens (primary N) is 1. The van der Waals surface area contributed by atoms with Crippen molar-refractivity contribution < 1.29 is 8.42 Å². The number of rotatable bonds is 3. The zero-order valence-electron chi connectivity index (χ0n) is 9.77. The van der Waals surface area contributed by atoms with Crippen LogP contribution in [0.5, 0.6) is 0 Å². The fraction of sp³-hybridized carbons (Fsp3) is 0.455. The lowest BCUT2D eigenvalue weighted by atomic mass is 10.2. The highest BCUT2D eigenvalue weighted by Gasteiger charge is 2.36. The molecular weight excluding hydrogens is 260 g/mol. The Bertz CT molecular complexity index is 553. The molecule has 0 amide bonds. The van der Waals surface area contributed by atoms with Crippen LogP contribution >= 0.6 is 11.6 Å². The fourth-order valence-corrected chi connectivity index (χ4v) is 3.72. The van der Waals surface area contributed by atoms with Gasteiger partial charge in [-0.15, -0.1) is 0 Å². The lowest BCUT2D eigenvalue weighted by Crippen LogP contribution is -2.29. The minimum atomic E-state index is -3.48. The van der Waals surface area contributed by atoms with E-state index in [1.165, 1.54) is 10.4 Å². The van der Waals surface area contributed by atoms with Gasteiger partial charge in [-0.3, -0.25) is 0 Å². The van der Waals surface area contributed by atoms with Crippen LogP contribution in [0.15, 0.2) is 17.0 Å². The molecule has 1 saturated carbocycles. The van der Waals surface area contributed by atoms with Crippen molar-refractivity contribution in [1.82, 2.24) is 4.31 Å². The maximum Gasteiger partial charge on any atom is 0.243 e. The van der Waals surface area contributed by atoms with Gasteiger partial charge >= 0.3 is 0 Å². The van der Waals surface area contributed by atoms with E-state index in [2.05, 4.69) is 0 Å². The number of hydrogen-bond acceptors (Lipinski definition) is 3. The highest BCUT2D eigenvalue weighted by molar-refractivity contribution is 7.89. The molecule has 0 spiro atoms. The minimum absolute atomic E-state index is 0.125. The molecule has 0 unspecified atom stereocenters. The van der Waals surface area contributed by atoms with Gasteiger partial charge < -0.3 is 5.73 Å². The Hall–Kier alpha value is -0.780. The number of sulfonamides is 1. The monoisotopic (exact) mass is 274 g/mol. The predicted octanol–water partition coefficient (Wildman–Crippen LogP) is 2.01. The van der Waals surface area contributed by atoms with Crippen molar-refractivity contribution in [1.29, 1.82) is 0 Å². The van der Waals surface area contributed by atoms with E-state index < -0.39 is 10.0 Å². The van der Waals surface area contributed by atoms with Crippen LogP contribution in [-0.4, -0.2) is 25.8 Å². The van der Waals surface area contributed by atoms with Crippen LogP contribution in [0.4, 0.5) is 5.69 Å². The third-order valence-electron chi connectivity index (χ3n) is 3.08. The summed E-state index contributed by atoms with van der Waals surface area (Å²) in [5.41, 5.74) is 6.70. The summed E-state index contributed by atoms with van der Waals surface area (Å²) in [5, 5.41) is 0.343. The molecule has 0 saturated heterocycles. The molecular formula is C11H15ClN2O2S. The minimum Gasteiger partial charge on any atom is -0.398 e. The Morgan fingerprint density at radius 2 is 2.00 bits per heavy atom. The van der Waals surface area contributed by atoms with E-state index in [-0.39, 0.29) is 10.9 Å². The Morgan fingerprint density at radius 1 is 1.41 bits per heavy atom. The van der Waals surface area contributed by atoms with Gasteiger partial charge in [0.05, 0.1) is 4.90 Å². The average molecular weight is 275 g/mol. The van der Waals surface area contributed by atoms with E-state index in [1.807, 2.05) is 0 Å². The van der Waals surface area contributed by atoms with Crippen molar-refractivity contribution in [2.75, 3.05) is 12.8 Å². The van der Waals surface area contributed by atoms with E-state index >= 15 is 0 Å². The van der Waals surface area contributed by atoms with Crippen LogP contribution in [0.25, 0.3) is 0 Å². The molecule has 0 atom stereocenters. The molecule has 0 aromatic heterocycles. The number of nitrogen functional groups attached to an aromatic ring is 1. The first kappa shape index (κ1) is 12.7. The standard InChI is InChI=1S/C11H15ClN2O2S/c1-7-10(13)5-8(12)6-11(7)17(15,16)14(2)9-3-4-9/h5-6,9H,3-4,13H2,1-2H3. The molecule has 1 aliphatic carbocycles. The summed E-state index contributed by atoms with van der Waals surface area (Å²) in [6, 6.07) is 3.15. The molecule has 2 rings (SSSR count). The third-order valence-corrected chi connectivity index (χ3v) is 5.34. The molecule has 0 aliphatic heterocycles. The van der Waals surface area contributed by atoms with Gasteiger partial charge in [0, 0.05) is 23.8 Å². The average Bonchev–Trinajstić information content (AvgIpc) is 3.05. The second-order valence-electron chi connectivity index (χ2n) is 4.37. The molecule has 4 nitrogen and oxygen atoms in total. The number of anilines is 1. The molecule has 0 radical (unpaired) electrons. The van der Waals surface area contributed by atoms with E-state index in [1.54, 1.807) is 20.0 Å². The largest absolute Gasteiger partial charge is 0.398 e. The summed E-state index contributed by atoms with van der Waals surface area (Å²) in [5.74, 6) is 0. The molecule has 1 fully saturated rings. The van der Waals surface area contributed by atoms with Crippen molar-refractivity contribution in [3.63, 3.8) is 0 Å². The molecule has 0 heterocycles. The summed E-state index contributed by atoms with van der Waals surface area (Å²) in [7, 11) is -1.88. The summed E-state index contributed by atoms with van der Waals surface area (Å²) in [6.07, 6.45) is 1.84. The van der Waals surface area contributed by atoms with Gasteiger partial charge in [0.1, 0.15) is 0 Å². The van der Waals surface area contributed by atoms with Crippen molar-refractivity contribution in [2.45, 2.75) is 30.7 Å². The van der Waals surface area contributed by atoms with Crippen LogP contribution in [0, 0.1) is 6.92 Å². The quantitative estimate of drug-likeness (QED) is 0.858. The molecule has 2 N–H and O–H groups in total. The van der Waals surface area contributed by atoms with E-state index in [0.717, 1.165) is 12.8 Å². The highest BCUT2D eigenvalue weighted by Crippen LogP contribution is 2.33. The zero-order valence-corrected chi connectivity index (χ0v) is 11.3. The molecule has 17 heavy (non-hydrogen) atoms. The first-order valence-electron chi connectivity index (χ1n) is 5.37. The second-order valence-corrected chi connectivity index (χ2v) is 6.77. The van der Waals surface area contributed by atoms with Gasteiger partial charge in [0.25, 0.3) is 0 Å². The number of hydrogen-bond donors (Lipinski definition) is 1. The Kier molecular flexibility index (Phi) is 3.10. The fourth-order valence-electron chi connectivity index (χ4n) is 1.73. The highest BCUT2D eigenvalue weighted by atomic mass is 35.5.